The maximum atomic E-state index is 13.3. The predicted molar refractivity (Wildman–Crippen MR) is 135 cm³/mol. The Morgan fingerprint density at radius 3 is 2.34 bits per heavy atom. The normalized spacial score (nSPS) is 19.8. The van der Waals surface area contributed by atoms with Crippen molar-refractivity contribution in [1.82, 2.24) is 14.7 Å². The molecule has 188 valence electrons. The average Bonchev–Trinajstić information content (AvgIpc) is 3.46. The zero-order valence-corrected chi connectivity index (χ0v) is 21.8. The lowest BCUT2D eigenvalue weighted by molar-refractivity contribution is -0.141. The molecule has 12 heteroatoms. The molecule has 1 fully saturated rings. The number of thioether (sulfide) groups is 1. The fourth-order valence-corrected chi connectivity index (χ4v) is 6.91. The standard InChI is InChI=1S/C23H25F3N4O2S3/c1-15-11-16(2)14-29(13-15)22(33-3)28-35(31,32)18-8-6-17(7-9-18)30-19(20-5-4-10-34-20)12-21(27-30)23(24,25)26/h4-10,12,15-16H,11,13-14H2,1-3H3/t15-,16+. The highest BCUT2D eigenvalue weighted by molar-refractivity contribution is 8.13. The number of amidine groups is 1. The van der Waals surface area contributed by atoms with Gasteiger partial charge in [0.25, 0.3) is 10.0 Å². The molecule has 0 bridgehead atoms. The van der Waals surface area contributed by atoms with Crippen LogP contribution in [0, 0.1) is 11.8 Å². The molecular formula is C23H25F3N4O2S3. The van der Waals surface area contributed by atoms with E-state index in [0.717, 1.165) is 25.6 Å². The van der Waals surface area contributed by atoms with Crippen LogP contribution in [0.1, 0.15) is 26.0 Å². The summed E-state index contributed by atoms with van der Waals surface area (Å²) in [5, 5.41) is 5.95. The second-order valence-corrected chi connectivity index (χ2v) is 12.0. The van der Waals surface area contributed by atoms with E-state index < -0.39 is 21.9 Å². The number of nitrogens with zero attached hydrogens (tertiary/aromatic N) is 4. The summed E-state index contributed by atoms with van der Waals surface area (Å²) in [6.07, 6.45) is -1.72. The van der Waals surface area contributed by atoms with Crippen molar-refractivity contribution in [3.05, 3.63) is 53.5 Å². The number of benzene rings is 1. The molecule has 6 nitrogen and oxygen atoms in total. The van der Waals surface area contributed by atoms with E-state index in [1.807, 2.05) is 4.90 Å². The average molecular weight is 543 g/mol. The lowest BCUT2D eigenvalue weighted by atomic mass is 9.92. The molecule has 3 heterocycles. The highest BCUT2D eigenvalue weighted by atomic mass is 32.2. The van der Waals surface area contributed by atoms with Crippen LogP contribution in [0.5, 0.6) is 0 Å². The molecule has 1 saturated heterocycles. The summed E-state index contributed by atoms with van der Waals surface area (Å²) in [6, 6.07) is 10.0. The Kier molecular flexibility index (Phi) is 7.35. The van der Waals surface area contributed by atoms with Crippen molar-refractivity contribution in [3.63, 3.8) is 0 Å². The monoisotopic (exact) mass is 542 g/mol. The number of likely N-dealkylation sites (tertiary alicyclic amines) is 1. The Balaban J connectivity index is 1.66. The zero-order valence-electron chi connectivity index (χ0n) is 19.4. The van der Waals surface area contributed by atoms with Crippen molar-refractivity contribution in [2.45, 2.75) is 31.3 Å². The second-order valence-electron chi connectivity index (χ2n) is 8.70. The molecule has 1 aromatic carbocycles. The molecule has 2 aromatic heterocycles. The molecule has 3 aromatic rings. The van der Waals surface area contributed by atoms with Gasteiger partial charge in [0, 0.05) is 13.1 Å². The van der Waals surface area contributed by atoms with Gasteiger partial charge in [0.1, 0.15) is 0 Å². The van der Waals surface area contributed by atoms with Crippen molar-refractivity contribution < 1.29 is 21.6 Å². The summed E-state index contributed by atoms with van der Waals surface area (Å²) in [7, 11) is -4.01. The summed E-state index contributed by atoms with van der Waals surface area (Å²) in [4.78, 5) is 2.58. The van der Waals surface area contributed by atoms with E-state index in [9.17, 15) is 21.6 Å². The van der Waals surface area contributed by atoms with E-state index in [-0.39, 0.29) is 10.6 Å². The van der Waals surface area contributed by atoms with Gasteiger partial charge >= 0.3 is 6.18 Å². The third-order valence-corrected chi connectivity index (χ3v) is 8.68. The number of thiophene rings is 1. The van der Waals surface area contributed by atoms with Crippen molar-refractivity contribution in [3.8, 4) is 16.3 Å². The number of alkyl halides is 3. The lowest BCUT2D eigenvalue weighted by Gasteiger charge is -2.36. The van der Waals surface area contributed by atoms with Gasteiger partial charge in [0.15, 0.2) is 10.9 Å². The highest BCUT2D eigenvalue weighted by Gasteiger charge is 2.35. The number of aromatic nitrogens is 2. The summed E-state index contributed by atoms with van der Waals surface area (Å²) >= 11 is 2.58. The Labute approximate surface area is 210 Å². The first-order valence-corrected chi connectivity index (χ1v) is 14.5. The Bertz CT molecular complexity index is 1290. The van der Waals surface area contributed by atoms with Crippen LogP contribution in [0.25, 0.3) is 16.3 Å². The fraction of sp³-hybridized carbons (Fsp3) is 0.391. The van der Waals surface area contributed by atoms with E-state index in [1.165, 1.54) is 52.0 Å². The van der Waals surface area contributed by atoms with Crippen LogP contribution >= 0.6 is 23.1 Å². The second kappa shape index (κ2) is 9.98. The molecule has 35 heavy (non-hydrogen) atoms. The molecule has 0 N–H and O–H groups in total. The summed E-state index contributed by atoms with van der Waals surface area (Å²) in [5.74, 6) is 0.873. The molecule has 0 radical (unpaired) electrons. The Hall–Kier alpha value is -2.31. The van der Waals surface area contributed by atoms with E-state index in [1.54, 1.807) is 23.8 Å². The maximum absolute atomic E-state index is 13.3. The zero-order chi connectivity index (χ0) is 25.4. The van der Waals surface area contributed by atoms with Gasteiger partial charge in [-0.2, -0.15) is 26.7 Å². The molecule has 2 atom stereocenters. The van der Waals surface area contributed by atoms with E-state index in [2.05, 4.69) is 23.3 Å². The van der Waals surface area contributed by atoms with E-state index in [4.69, 9.17) is 0 Å². The van der Waals surface area contributed by atoms with Crippen LogP contribution in [0.3, 0.4) is 0 Å². The van der Waals surface area contributed by atoms with Crippen LogP contribution in [0.15, 0.2) is 57.1 Å². The van der Waals surface area contributed by atoms with Crippen LogP contribution in [0.4, 0.5) is 13.2 Å². The number of piperidine rings is 1. The number of halogens is 3. The highest BCUT2D eigenvalue weighted by Crippen LogP contribution is 2.35. The summed E-state index contributed by atoms with van der Waals surface area (Å²) in [6.45, 7) is 5.76. The first-order chi connectivity index (χ1) is 16.5. The van der Waals surface area contributed by atoms with Crippen LogP contribution in [-0.4, -0.2) is 47.6 Å². The third kappa shape index (κ3) is 5.75. The van der Waals surface area contributed by atoms with E-state index in [0.29, 0.717) is 27.6 Å². The quantitative estimate of drug-likeness (QED) is 0.299. The fourth-order valence-electron chi connectivity index (χ4n) is 4.27. The summed E-state index contributed by atoms with van der Waals surface area (Å²) < 4.78 is 71.4. The van der Waals surface area contributed by atoms with E-state index >= 15 is 0 Å². The van der Waals surface area contributed by atoms with Gasteiger partial charge < -0.3 is 4.90 Å². The number of rotatable bonds is 4. The summed E-state index contributed by atoms with van der Waals surface area (Å²) in [5.41, 5.74) is -0.425. The Morgan fingerprint density at radius 2 is 1.80 bits per heavy atom. The first kappa shape index (κ1) is 25.8. The van der Waals surface area contributed by atoms with Gasteiger partial charge in [-0.15, -0.1) is 15.7 Å². The van der Waals surface area contributed by atoms with Gasteiger partial charge in [-0.25, -0.2) is 4.68 Å². The van der Waals surface area contributed by atoms with Gasteiger partial charge in [-0.05, 0) is 66.3 Å². The minimum absolute atomic E-state index is 0.0354. The minimum Gasteiger partial charge on any atom is -0.350 e. The Morgan fingerprint density at radius 1 is 1.14 bits per heavy atom. The van der Waals surface area contributed by atoms with Crippen molar-refractivity contribution in [2.75, 3.05) is 19.3 Å². The minimum atomic E-state index is -4.60. The smallest absolute Gasteiger partial charge is 0.350 e. The van der Waals surface area contributed by atoms with Crippen molar-refractivity contribution >= 4 is 38.3 Å². The molecule has 0 saturated carbocycles. The van der Waals surface area contributed by atoms with Crippen molar-refractivity contribution in [2.24, 2.45) is 16.2 Å². The topological polar surface area (TPSA) is 67.6 Å². The van der Waals surface area contributed by atoms with Gasteiger partial charge in [0.2, 0.25) is 0 Å². The predicted octanol–water partition coefficient (Wildman–Crippen LogP) is 6.01. The number of hydrogen-bond acceptors (Lipinski definition) is 5. The third-order valence-electron chi connectivity index (χ3n) is 5.67. The van der Waals surface area contributed by atoms with Crippen LogP contribution < -0.4 is 0 Å². The molecule has 0 aliphatic carbocycles. The van der Waals surface area contributed by atoms with Crippen LogP contribution in [0.2, 0.25) is 0 Å². The molecular weight excluding hydrogens is 517 g/mol. The maximum Gasteiger partial charge on any atom is 0.435 e. The molecule has 0 unspecified atom stereocenters. The molecule has 4 rings (SSSR count). The van der Waals surface area contributed by atoms with Crippen LogP contribution in [-0.2, 0) is 16.2 Å². The van der Waals surface area contributed by atoms with Gasteiger partial charge in [0.05, 0.1) is 21.2 Å². The largest absolute Gasteiger partial charge is 0.435 e. The molecule has 0 amide bonds. The number of hydrogen-bond donors (Lipinski definition) is 0. The van der Waals surface area contributed by atoms with Gasteiger partial charge in [-0.1, -0.05) is 31.7 Å². The van der Waals surface area contributed by atoms with Crippen molar-refractivity contribution in [1.29, 1.82) is 0 Å². The first-order valence-electron chi connectivity index (χ1n) is 10.9. The molecule has 1 aliphatic heterocycles. The lowest BCUT2D eigenvalue weighted by Crippen LogP contribution is -2.41. The van der Waals surface area contributed by atoms with Gasteiger partial charge in [-0.3, -0.25) is 0 Å². The molecule has 0 spiro atoms. The molecule has 1 aliphatic rings. The number of sulfonamides is 1. The SMILES string of the molecule is CSC(=NS(=O)(=O)c1ccc(-n2nc(C(F)(F)F)cc2-c2cccs2)cc1)N1C[C@H](C)C[C@H](C)C1.